The Morgan fingerprint density at radius 2 is 1.88 bits per heavy atom. The van der Waals surface area contributed by atoms with E-state index in [1.807, 2.05) is 26.0 Å². The minimum absolute atomic E-state index is 0.397. The summed E-state index contributed by atoms with van der Waals surface area (Å²) in [4.78, 5) is 0.397. The largest absolute Gasteiger partial charge is 0.240 e. The molecule has 0 atom stereocenters. The van der Waals surface area contributed by atoms with Crippen LogP contribution in [0.15, 0.2) is 23.1 Å². The van der Waals surface area contributed by atoms with Crippen LogP contribution in [0.4, 0.5) is 0 Å². The zero-order valence-electron chi connectivity index (χ0n) is 10.8. The molecule has 3 nitrogen and oxygen atoms in total. The first-order valence-corrected chi connectivity index (χ1v) is 7.52. The second kappa shape index (κ2) is 6.17. The minimum Gasteiger partial charge on any atom is -0.211 e. The molecule has 0 aliphatic rings. The van der Waals surface area contributed by atoms with Crippen LogP contribution in [0.25, 0.3) is 0 Å². The van der Waals surface area contributed by atoms with Crippen molar-refractivity contribution in [3.63, 3.8) is 0 Å². The summed E-state index contributed by atoms with van der Waals surface area (Å²) in [5.41, 5.74) is 1.75. The van der Waals surface area contributed by atoms with E-state index >= 15 is 0 Å². The smallest absolute Gasteiger partial charge is 0.211 e. The highest BCUT2D eigenvalue weighted by Gasteiger charge is 2.15. The van der Waals surface area contributed by atoms with Crippen LogP contribution in [0.5, 0.6) is 0 Å². The van der Waals surface area contributed by atoms with Gasteiger partial charge in [0.2, 0.25) is 10.0 Å². The predicted octanol–water partition coefficient (Wildman–Crippen LogP) is 2.77. The van der Waals surface area contributed by atoms with Crippen LogP contribution in [-0.4, -0.2) is 15.0 Å². The van der Waals surface area contributed by atoms with Crippen molar-refractivity contribution in [2.45, 2.75) is 44.9 Å². The number of nitrogens with one attached hydrogen (secondary N) is 1. The highest BCUT2D eigenvalue weighted by molar-refractivity contribution is 7.89. The Bertz CT molecular complexity index is 466. The Labute approximate surface area is 104 Å². The van der Waals surface area contributed by atoms with Gasteiger partial charge in [0.1, 0.15) is 0 Å². The lowest BCUT2D eigenvalue weighted by Gasteiger charge is -2.09. The topological polar surface area (TPSA) is 46.2 Å². The fraction of sp³-hybridized carbons (Fsp3) is 0.538. The predicted molar refractivity (Wildman–Crippen MR) is 70.6 cm³/mol. The van der Waals surface area contributed by atoms with E-state index in [1.54, 1.807) is 6.07 Å². The molecule has 1 N–H and O–H groups in total. The fourth-order valence-electron chi connectivity index (χ4n) is 1.66. The van der Waals surface area contributed by atoms with Crippen molar-refractivity contribution in [2.75, 3.05) is 6.54 Å². The van der Waals surface area contributed by atoms with Crippen molar-refractivity contribution >= 4 is 10.0 Å². The van der Waals surface area contributed by atoms with Gasteiger partial charge in [-0.1, -0.05) is 31.9 Å². The molecule has 96 valence electrons. The lowest BCUT2D eigenvalue weighted by Crippen LogP contribution is -2.25. The summed E-state index contributed by atoms with van der Waals surface area (Å²) in [6.07, 6.45) is 3.03. The van der Waals surface area contributed by atoms with Crippen LogP contribution >= 0.6 is 0 Å². The molecule has 0 aliphatic carbocycles. The normalized spacial score (nSPS) is 11.7. The molecule has 0 saturated carbocycles. The first kappa shape index (κ1) is 14.2. The average molecular weight is 255 g/mol. The van der Waals surface area contributed by atoms with Crippen LogP contribution in [-0.2, 0) is 10.0 Å². The van der Waals surface area contributed by atoms with E-state index in [0.29, 0.717) is 11.4 Å². The van der Waals surface area contributed by atoms with Gasteiger partial charge in [-0.2, -0.15) is 0 Å². The molecule has 0 unspecified atom stereocenters. The van der Waals surface area contributed by atoms with Crippen LogP contribution < -0.4 is 4.72 Å². The van der Waals surface area contributed by atoms with Gasteiger partial charge in [-0.15, -0.1) is 0 Å². The maximum Gasteiger partial charge on any atom is 0.240 e. The Morgan fingerprint density at radius 1 is 1.18 bits per heavy atom. The van der Waals surface area contributed by atoms with Crippen molar-refractivity contribution in [2.24, 2.45) is 0 Å². The molecule has 0 bridgehead atoms. The van der Waals surface area contributed by atoms with Gasteiger partial charge in [0, 0.05) is 6.54 Å². The SMILES string of the molecule is CCCCCNS(=O)(=O)c1cc(C)ccc1C. The summed E-state index contributed by atoms with van der Waals surface area (Å²) < 4.78 is 26.8. The van der Waals surface area contributed by atoms with Gasteiger partial charge in [-0.3, -0.25) is 0 Å². The van der Waals surface area contributed by atoms with Crippen molar-refractivity contribution in [1.82, 2.24) is 4.72 Å². The molecule has 4 heteroatoms. The van der Waals surface area contributed by atoms with Crippen molar-refractivity contribution in [1.29, 1.82) is 0 Å². The van der Waals surface area contributed by atoms with Gasteiger partial charge in [0.05, 0.1) is 4.90 Å². The standard InChI is InChI=1S/C13H21NO2S/c1-4-5-6-9-14-17(15,16)13-10-11(2)7-8-12(13)3/h7-8,10,14H,4-6,9H2,1-3H3. The molecular formula is C13H21NO2S. The number of unbranched alkanes of at least 4 members (excludes halogenated alkanes) is 2. The summed E-state index contributed by atoms with van der Waals surface area (Å²) in [5, 5.41) is 0. The van der Waals surface area contributed by atoms with Crippen LogP contribution in [0.2, 0.25) is 0 Å². The van der Waals surface area contributed by atoms with Crippen LogP contribution in [0, 0.1) is 13.8 Å². The molecule has 0 aromatic heterocycles. The third-order valence-electron chi connectivity index (χ3n) is 2.71. The Hall–Kier alpha value is -0.870. The molecule has 0 fully saturated rings. The maximum absolute atomic E-state index is 12.1. The Morgan fingerprint density at radius 3 is 2.53 bits per heavy atom. The number of rotatable bonds is 6. The van der Waals surface area contributed by atoms with E-state index in [0.717, 1.165) is 30.4 Å². The second-order valence-corrected chi connectivity index (χ2v) is 6.11. The first-order chi connectivity index (χ1) is 7.97. The lowest BCUT2D eigenvalue weighted by molar-refractivity contribution is 0.575. The van der Waals surface area contributed by atoms with Gasteiger partial charge in [-0.05, 0) is 37.5 Å². The van der Waals surface area contributed by atoms with Gasteiger partial charge < -0.3 is 0 Å². The molecule has 1 aromatic carbocycles. The molecule has 0 heterocycles. The summed E-state index contributed by atoms with van der Waals surface area (Å²) in [7, 11) is -3.34. The van der Waals surface area contributed by atoms with E-state index in [-0.39, 0.29) is 0 Å². The minimum atomic E-state index is -3.34. The van der Waals surface area contributed by atoms with E-state index in [4.69, 9.17) is 0 Å². The van der Waals surface area contributed by atoms with Gasteiger partial charge in [0.25, 0.3) is 0 Å². The number of aryl methyl sites for hydroxylation is 2. The molecule has 17 heavy (non-hydrogen) atoms. The number of benzene rings is 1. The van der Waals surface area contributed by atoms with E-state index < -0.39 is 10.0 Å². The average Bonchev–Trinajstić information content (AvgIpc) is 2.28. The van der Waals surface area contributed by atoms with Crippen molar-refractivity contribution < 1.29 is 8.42 Å². The summed E-state index contributed by atoms with van der Waals surface area (Å²) in [5.74, 6) is 0. The molecule has 0 spiro atoms. The Kier molecular flexibility index (Phi) is 5.15. The molecule has 0 radical (unpaired) electrons. The first-order valence-electron chi connectivity index (χ1n) is 6.04. The molecule has 0 amide bonds. The molecule has 1 rings (SSSR count). The lowest BCUT2D eigenvalue weighted by atomic mass is 10.2. The quantitative estimate of drug-likeness (QED) is 0.794. The summed E-state index contributed by atoms with van der Waals surface area (Å²) >= 11 is 0. The van der Waals surface area contributed by atoms with E-state index in [9.17, 15) is 8.42 Å². The number of hydrogen-bond acceptors (Lipinski definition) is 2. The van der Waals surface area contributed by atoms with E-state index in [1.165, 1.54) is 0 Å². The van der Waals surface area contributed by atoms with Gasteiger partial charge >= 0.3 is 0 Å². The van der Waals surface area contributed by atoms with E-state index in [2.05, 4.69) is 11.6 Å². The second-order valence-electron chi connectivity index (χ2n) is 4.37. The summed E-state index contributed by atoms with van der Waals surface area (Å²) in [6.45, 7) is 6.33. The molecule has 0 saturated heterocycles. The number of sulfonamides is 1. The Balaban J connectivity index is 2.79. The van der Waals surface area contributed by atoms with Crippen LogP contribution in [0.1, 0.15) is 37.3 Å². The molecule has 1 aromatic rings. The fourth-order valence-corrected chi connectivity index (χ4v) is 3.06. The monoisotopic (exact) mass is 255 g/mol. The van der Waals surface area contributed by atoms with Gasteiger partial charge in [-0.25, -0.2) is 13.1 Å². The number of hydrogen-bond donors (Lipinski definition) is 1. The maximum atomic E-state index is 12.1. The third-order valence-corrected chi connectivity index (χ3v) is 4.31. The highest BCUT2D eigenvalue weighted by atomic mass is 32.2. The zero-order valence-corrected chi connectivity index (χ0v) is 11.6. The molecular weight excluding hydrogens is 234 g/mol. The highest BCUT2D eigenvalue weighted by Crippen LogP contribution is 2.16. The molecule has 0 aliphatic heterocycles. The van der Waals surface area contributed by atoms with Crippen molar-refractivity contribution in [3.8, 4) is 0 Å². The van der Waals surface area contributed by atoms with Crippen LogP contribution in [0.3, 0.4) is 0 Å². The van der Waals surface area contributed by atoms with Gasteiger partial charge in [0.15, 0.2) is 0 Å². The third kappa shape index (κ3) is 4.13. The van der Waals surface area contributed by atoms with Crippen molar-refractivity contribution in [3.05, 3.63) is 29.3 Å². The zero-order chi connectivity index (χ0) is 12.9. The summed E-state index contributed by atoms with van der Waals surface area (Å²) in [6, 6.07) is 5.48.